The van der Waals surface area contributed by atoms with Gasteiger partial charge in [-0.25, -0.2) is 4.98 Å². The molecule has 3 aliphatic heterocycles. The van der Waals surface area contributed by atoms with Crippen LogP contribution in [0.15, 0.2) is 5.38 Å². The Morgan fingerprint density at radius 3 is 2.79 bits per heavy atom. The first kappa shape index (κ1) is 20.3. The monoisotopic (exact) mass is 407 g/mol. The van der Waals surface area contributed by atoms with Crippen LogP contribution in [0.4, 0.5) is 0 Å². The van der Waals surface area contributed by atoms with Crippen molar-refractivity contribution in [1.82, 2.24) is 14.8 Å². The number of carbonyl (C=O) groups is 1. The van der Waals surface area contributed by atoms with Crippen molar-refractivity contribution in [2.75, 3.05) is 39.4 Å². The first-order valence-corrected chi connectivity index (χ1v) is 11.6. The number of amides is 1. The smallest absolute Gasteiger partial charge is 0.222 e. The summed E-state index contributed by atoms with van der Waals surface area (Å²) in [5.41, 5.74) is 1.20. The van der Waals surface area contributed by atoms with Gasteiger partial charge in [0.1, 0.15) is 0 Å². The van der Waals surface area contributed by atoms with Gasteiger partial charge >= 0.3 is 0 Å². The maximum absolute atomic E-state index is 12.7. The molecule has 156 valence electrons. The fourth-order valence-electron chi connectivity index (χ4n) is 5.23. The molecule has 0 aromatic carbocycles. The fraction of sp³-hybridized carbons (Fsp3) is 0.810. The van der Waals surface area contributed by atoms with E-state index in [4.69, 9.17) is 4.74 Å². The SMILES string of the molecule is Cc1nc(CCC(=O)N2CCC3(CC2)CC(O)CN(C2CCOCC2)C3)cs1. The van der Waals surface area contributed by atoms with E-state index in [1.807, 2.05) is 11.8 Å². The molecule has 1 spiro atoms. The highest BCUT2D eigenvalue weighted by Gasteiger charge is 2.43. The quantitative estimate of drug-likeness (QED) is 0.829. The van der Waals surface area contributed by atoms with Gasteiger partial charge in [-0.1, -0.05) is 0 Å². The molecule has 1 amide bonds. The second kappa shape index (κ2) is 8.78. The molecule has 28 heavy (non-hydrogen) atoms. The molecule has 3 fully saturated rings. The molecule has 6 nitrogen and oxygen atoms in total. The van der Waals surface area contributed by atoms with Gasteiger partial charge in [0.25, 0.3) is 0 Å². The van der Waals surface area contributed by atoms with Gasteiger partial charge in [0, 0.05) is 57.2 Å². The number of hydrogen-bond acceptors (Lipinski definition) is 6. The van der Waals surface area contributed by atoms with Crippen molar-refractivity contribution >= 4 is 17.2 Å². The molecule has 3 saturated heterocycles. The van der Waals surface area contributed by atoms with Gasteiger partial charge in [0.05, 0.1) is 16.8 Å². The van der Waals surface area contributed by atoms with E-state index in [-0.39, 0.29) is 17.4 Å². The molecule has 3 aliphatic rings. The summed E-state index contributed by atoms with van der Waals surface area (Å²) < 4.78 is 5.51. The van der Waals surface area contributed by atoms with Crippen LogP contribution in [0.3, 0.4) is 0 Å². The number of carbonyl (C=O) groups excluding carboxylic acids is 1. The molecule has 1 unspecified atom stereocenters. The zero-order chi connectivity index (χ0) is 19.6. The summed E-state index contributed by atoms with van der Waals surface area (Å²) in [5, 5.41) is 13.7. The van der Waals surface area contributed by atoms with E-state index in [0.29, 0.717) is 12.5 Å². The van der Waals surface area contributed by atoms with E-state index < -0.39 is 0 Å². The summed E-state index contributed by atoms with van der Waals surface area (Å²) in [4.78, 5) is 21.7. The first-order valence-electron chi connectivity index (χ1n) is 10.7. The van der Waals surface area contributed by atoms with Gasteiger partial charge in [-0.2, -0.15) is 0 Å². The molecule has 1 aromatic heterocycles. The van der Waals surface area contributed by atoms with E-state index in [1.54, 1.807) is 11.3 Å². The Balaban J connectivity index is 1.29. The average molecular weight is 408 g/mol. The van der Waals surface area contributed by atoms with Gasteiger partial charge in [0.15, 0.2) is 0 Å². The predicted octanol–water partition coefficient (Wildman–Crippen LogP) is 2.24. The van der Waals surface area contributed by atoms with Crippen LogP contribution in [-0.2, 0) is 16.0 Å². The normalized spacial score (nSPS) is 26.6. The highest BCUT2D eigenvalue weighted by atomic mass is 32.1. The molecule has 0 saturated carbocycles. The number of rotatable bonds is 4. The van der Waals surface area contributed by atoms with Gasteiger partial charge in [-0.05, 0) is 50.9 Å². The van der Waals surface area contributed by atoms with Crippen molar-refractivity contribution in [2.45, 2.75) is 64.0 Å². The predicted molar refractivity (Wildman–Crippen MR) is 109 cm³/mol. The van der Waals surface area contributed by atoms with E-state index in [2.05, 4.69) is 15.3 Å². The lowest BCUT2D eigenvalue weighted by Crippen LogP contribution is -2.57. The summed E-state index contributed by atoms with van der Waals surface area (Å²) >= 11 is 1.65. The third-order valence-corrected chi connectivity index (χ3v) is 7.62. The van der Waals surface area contributed by atoms with Crippen molar-refractivity contribution in [1.29, 1.82) is 0 Å². The summed E-state index contributed by atoms with van der Waals surface area (Å²) in [5.74, 6) is 0.248. The number of aromatic nitrogens is 1. The number of β-amino-alcohol motifs (C(OH)–C–C–N with tert-alkyl or cyclic N) is 1. The Kier molecular flexibility index (Phi) is 6.35. The van der Waals surface area contributed by atoms with E-state index in [9.17, 15) is 9.90 Å². The maximum atomic E-state index is 12.7. The number of piperidine rings is 2. The summed E-state index contributed by atoms with van der Waals surface area (Å²) in [7, 11) is 0. The Morgan fingerprint density at radius 2 is 2.11 bits per heavy atom. The maximum Gasteiger partial charge on any atom is 0.222 e. The lowest BCUT2D eigenvalue weighted by atomic mass is 9.71. The molecule has 7 heteroatoms. The van der Waals surface area contributed by atoms with Crippen LogP contribution in [-0.4, -0.2) is 77.3 Å². The Labute approximate surface area is 171 Å². The average Bonchev–Trinajstić information content (AvgIpc) is 3.12. The first-order chi connectivity index (χ1) is 13.5. The Morgan fingerprint density at radius 1 is 1.36 bits per heavy atom. The number of nitrogens with zero attached hydrogens (tertiary/aromatic N) is 3. The molecule has 1 aromatic rings. The largest absolute Gasteiger partial charge is 0.392 e. The molecule has 1 N–H and O–H groups in total. The minimum Gasteiger partial charge on any atom is -0.392 e. The standard InChI is InChI=1S/C21H33N3O3S/c1-16-22-17(14-28-16)2-3-20(26)23-8-6-21(7-9-23)12-19(25)13-24(15-21)18-4-10-27-11-5-18/h14,18-19,25H,2-13,15H2,1H3. The summed E-state index contributed by atoms with van der Waals surface area (Å²) in [6.07, 6.45) is 6.08. The number of ether oxygens (including phenoxy) is 1. The topological polar surface area (TPSA) is 65.9 Å². The number of aliphatic hydroxyl groups is 1. The van der Waals surface area contributed by atoms with Crippen molar-refractivity contribution < 1.29 is 14.6 Å². The molecule has 0 bridgehead atoms. The van der Waals surface area contributed by atoms with E-state index >= 15 is 0 Å². The van der Waals surface area contributed by atoms with Crippen molar-refractivity contribution in [3.63, 3.8) is 0 Å². The van der Waals surface area contributed by atoms with Crippen LogP contribution in [0.25, 0.3) is 0 Å². The van der Waals surface area contributed by atoms with Crippen molar-refractivity contribution in [2.24, 2.45) is 5.41 Å². The second-order valence-corrected chi connectivity index (χ2v) is 9.93. The van der Waals surface area contributed by atoms with Crippen LogP contribution in [0.2, 0.25) is 0 Å². The third kappa shape index (κ3) is 4.75. The summed E-state index contributed by atoms with van der Waals surface area (Å²) in [6.45, 7) is 7.18. The van der Waals surface area contributed by atoms with Crippen molar-refractivity contribution in [3.8, 4) is 0 Å². The van der Waals surface area contributed by atoms with Gasteiger partial charge < -0.3 is 14.7 Å². The second-order valence-electron chi connectivity index (χ2n) is 8.87. The highest BCUT2D eigenvalue weighted by molar-refractivity contribution is 7.09. The molecule has 0 radical (unpaired) electrons. The molecule has 4 rings (SSSR count). The summed E-state index contributed by atoms with van der Waals surface area (Å²) in [6, 6.07) is 0.543. The van der Waals surface area contributed by atoms with Crippen LogP contribution < -0.4 is 0 Å². The number of aryl methyl sites for hydroxylation is 2. The zero-order valence-corrected chi connectivity index (χ0v) is 17.8. The van der Waals surface area contributed by atoms with E-state index in [1.165, 1.54) is 0 Å². The van der Waals surface area contributed by atoms with Crippen LogP contribution in [0, 0.1) is 12.3 Å². The number of thiazole rings is 1. The fourth-order valence-corrected chi connectivity index (χ4v) is 5.88. The molecular weight excluding hydrogens is 374 g/mol. The lowest BCUT2D eigenvalue weighted by Gasteiger charge is -2.51. The van der Waals surface area contributed by atoms with Crippen LogP contribution >= 0.6 is 11.3 Å². The minimum atomic E-state index is -0.244. The number of aliphatic hydroxyl groups excluding tert-OH is 1. The minimum absolute atomic E-state index is 0.165. The number of hydrogen-bond donors (Lipinski definition) is 1. The third-order valence-electron chi connectivity index (χ3n) is 6.80. The van der Waals surface area contributed by atoms with Crippen molar-refractivity contribution in [3.05, 3.63) is 16.1 Å². The number of likely N-dealkylation sites (tertiary alicyclic amines) is 2. The van der Waals surface area contributed by atoms with Crippen LogP contribution in [0.5, 0.6) is 0 Å². The lowest BCUT2D eigenvalue weighted by molar-refractivity contribution is -0.135. The van der Waals surface area contributed by atoms with Gasteiger partial charge in [0.2, 0.25) is 5.91 Å². The Hall–Kier alpha value is -1.02. The van der Waals surface area contributed by atoms with E-state index in [0.717, 1.165) is 88.6 Å². The zero-order valence-electron chi connectivity index (χ0n) is 16.9. The molecular formula is C21H33N3O3S. The van der Waals surface area contributed by atoms with Crippen LogP contribution in [0.1, 0.15) is 49.2 Å². The highest BCUT2D eigenvalue weighted by Crippen LogP contribution is 2.41. The molecule has 1 atom stereocenters. The Bertz CT molecular complexity index is 666. The molecule has 4 heterocycles. The van der Waals surface area contributed by atoms with Gasteiger partial charge in [-0.3, -0.25) is 9.69 Å². The van der Waals surface area contributed by atoms with Gasteiger partial charge in [-0.15, -0.1) is 11.3 Å². The molecule has 0 aliphatic carbocycles.